The molecule has 2 aromatic rings. The number of nitrogens with zero attached hydrogens (tertiary/aromatic N) is 3. The Morgan fingerprint density at radius 2 is 2.11 bits per heavy atom. The monoisotopic (exact) mass is 399 g/mol. The summed E-state index contributed by atoms with van der Waals surface area (Å²) < 4.78 is 0. The Labute approximate surface area is 168 Å². The number of nitrogens with two attached hydrogens (primary N) is 1. The second-order valence-corrected chi connectivity index (χ2v) is 7.31. The molecule has 1 aromatic heterocycles. The molecule has 0 radical (unpaired) electrons. The number of hydrogen-bond donors (Lipinski definition) is 2. The zero-order valence-electron chi connectivity index (χ0n) is 15.9. The number of aromatic nitrogens is 1. The van der Waals surface area contributed by atoms with Crippen LogP contribution in [0.2, 0.25) is 5.02 Å². The smallest absolute Gasteiger partial charge is 0.274 e. The number of guanidine groups is 1. The first kappa shape index (κ1) is 19.8. The van der Waals surface area contributed by atoms with Crippen LogP contribution in [0, 0.1) is 5.92 Å². The number of anilines is 1. The highest BCUT2D eigenvalue weighted by Crippen LogP contribution is 2.40. The summed E-state index contributed by atoms with van der Waals surface area (Å²) in [6, 6.07) is 10.4. The van der Waals surface area contributed by atoms with E-state index in [0.29, 0.717) is 17.1 Å². The highest BCUT2D eigenvalue weighted by molar-refractivity contribution is 6.30. The maximum atomic E-state index is 12.7. The number of carbonyl (C=O) groups excluding carboxylic acids is 2. The van der Waals surface area contributed by atoms with Crippen LogP contribution in [0.1, 0.15) is 36.3 Å². The number of aliphatic imine (C=N–C) groups is 1. The van der Waals surface area contributed by atoms with Gasteiger partial charge in [-0.1, -0.05) is 30.7 Å². The lowest BCUT2D eigenvalue weighted by molar-refractivity contribution is -0.134. The van der Waals surface area contributed by atoms with Crippen LogP contribution in [0.5, 0.6) is 0 Å². The van der Waals surface area contributed by atoms with Crippen molar-refractivity contribution < 1.29 is 9.59 Å². The molecule has 2 atom stereocenters. The number of pyridine rings is 1. The van der Waals surface area contributed by atoms with Crippen LogP contribution in [-0.2, 0) is 10.3 Å². The molecule has 3 N–H and O–H groups in total. The van der Waals surface area contributed by atoms with Crippen molar-refractivity contribution in [2.45, 2.75) is 25.8 Å². The van der Waals surface area contributed by atoms with Gasteiger partial charge in [0.2, 0.25) is 5.91 Å². The van der Waals surface area contributed by atoms with E-state index in [1.54, 1.807) is 25.2 Å². The largest absolute Gasteiger partial charge is 0.369 e. The lowest BCUT2D eigenvalue weighted by atomic mass is 9.76. The van der Waals surface area contributed by atoms with Crippen molar-refractivity contribution in [2.75, 3.05) is 12.4 Å². The summed E-state index contributed by atoms with van der Waals surface area (Å²) in [7, 11) is 1.62. The van der Waals surface area contributed by atoms with Gasteiger partial charge in [-0.25, -0.2) is 9.98 Å². The van der Waals surface area contributed by atoms with Crippen LogP contribution in [0.15, 0.2) is 47.6 Å². The SMILES string of the molecule is CCC1C(=O)N(C)C(N)=NC1(C)c1cccc(NC(=O)c2ccc(Cl)cn2)c1. The number of amides is 2. The molecule has 0 aliphatic carbocycles. The summed E-state index contributed by atoms with van der Waals surface area (Å²) in [5, 5.41) is 3.28. The Kier molecular flexibility index (Phi) is 5.38. The topological polar surface area (TPSA) is 101 Å². The van der Waals surface area contributed by atoms with Gasteiger partial charge in [0.1, 0.15) is 5.69 Å². The van der Waals surface area contributed by atoms with Gasteiger partial charge >= 0.3 is 0 Å². The van der Waals surface area contributed by atoms with E-state index in [9.17, 15) is 9.59 Å². The van der Waals surface area contributed by atoms with Crippen LogP contribution in [0.25, 0.3) is 0 Å². The second kappa shape index (κ2) is 7.59. The van der Waals surface area contributed by atoms with E-state index in [1.807, 2.05) is 32.0 Å². The van der Waals surface area contributed by atoms with Crippen molar-refractivity contribution >= 4 is 35.1 Å². The van der Waals surface area contributed by atoms with Gasteiger partial charge < -0.3 is 11.1 Å². The quantitative estimate of drug-likeness (QED) is 0.825. The zero-order chi connectivity index (χ0) is 20.5. The molecule has 0 saturated carbocycles. The fraction of sp³-hybridized carbons (Fsp3) is 0.300. The molecule has 2 heterocycles. The third-order valence-corrected chi connectivity index (χ3v) is 5.29. The molecule has 3 rings (SSSR count). The predicted octanol–water partition coefficient (Wildman–Crippen LogP) is 3.02. The van der Waals surface area contributed by atoms with E-state index in [-0.39, 0.29) is 29.4 Å². The minimum Gasteiger partial charge on any atom is -0.369 e. The molecule has 146 valence electrons. The normalized spacial score (nSPS) is 22.0. The molecular weight excluding hydrogens is 378 g/mol. The summed E-state index contributed by atoms with van der Waals surface area (Å²) in [4.78, 5) is 35.2. The molecule has 28 heavy (non-hydrogen) atoms. The van der Waals surface area contributed by atoms with Crippen molar-refractivity contribution in [3.63, 3.8) is 0 Å². The number of nitrogens with one attached hydrogen (secondary N) is 1. The van der Waals surface area contributed by atoms with E-state index in [0.717, 1.165) is 5.56 Å². The Morgan fingerprint density at radius 1 is 1.36 bits per heavy atom. The maximum Gasteiger partial charge on any atom is 0.274 e. The Bertz CT molecular complexity index is 944. The summed E-state index contributed by atoms with van der Waals surface area (Å²) in [6.45, 7) is 3.84. The summed E-state index contributed by atoms with van der Waals surface area (Å²) in [5.74, 6) is -0.600. The molecule has 0 bridgehead atoms. The van der Waals surface area contributed by atoms with Gasteiger partial charge in [0.15, 0.2) is 5.96 Å². The van der Waals surface area contributed by atoms with Crippen molar-refractivity contribution in [1.82, 2.24) is 9.88 Å². The van der Waals surface area contributed by atoms with Crippen LogP contribution < -0.4 is 11.1 Å². The molecule has 1 aliphatic rings. The number of hydrogen-bond acceptors (Lipinski definition) is 5. The Balaban J connectivity index is 1.93. The van der Waals surface area contributed by atoms with E-state index in [2.05, 4.69) is 15.3 Å². The summed E-state index contributed by atoms with van der Waals surface area (Å²) >= 11 is 5.81. The lowest BCUT2D eigenvalue weighted by Crippen LogP contribution is -2.53. The first-order valence-corrected chi connectivity index (χ1v) is 9.30. The van der Waals surface area contributed by atoms with Crippen molar-refractivity contribution in [3.8, 4) is 0 Å². The highest BCUT2D eigenvalue weighted by Gasteiger charge is 2.45. The molecule has 2 amide bonds. The van der Waals surface area contributed by atoms with Gasteiger partial charge in [-0.2, -0.15) is 0 Å². The van der Waals surface area contributed by atoms with Gasteiger partial charge in [0, 0.05) is 18.9 Å². The fourth-order valence-electron chi connectivity index (χ4n) is 3.43. The summed E-state index contributed by atoms with van der Waals surface area (Å²) in [6.07, 6.45) is 2.03. The standard InChI is InChI=1S/C20H22ClN5O2/c1-4-15-18(28)26(3)19(22)25-20(15,2)12-6-5-7-14(10-12)24-17(27)16-9-8-13(21)11-23-16/h5-11,15H,4H2,1-3H3,(H2,22,25)(H,24,27). The molecule has 0 saturated heterocycles. The minimum absolute atomic E-state index is 0.0719. The van der Waals surface area contributed by atoms with E-state index < -0.39 is 5.54 Å². The molecule has 2 unspecified atom stereocenters. The average molecular weight is 400 g/mol. The third kappa shape index (κ3) is 3.57. The van der Waals surface area contributed by atoms with Crippen LogP contribution in [0.4, 0.5) is 5.69 Å². The van der Waals surface area contributed by atoms with E-state index >= 15 is 0 Å². The van der Waals surface area contributed by atoms with Gasteiger partial charge in [-0.05, 0) is 43.2 Å². The van der Waals surface area contributed by atoms with Crippen LogP contribution in [-0.4, -0.2) is 34.7 Å². The number of halogens is 1. The van der Waals surface area contributed by atoms with E-state index in [1.165, 1.54) is 11.1 Å². The van der Waals surface area contributed by atoms with Gasteiger partial charge in [0.25, 0.3) is 5.91 Å². The third-order valence-electron chi connectivity index (χ3n) is 5.07. The number of carbonyl (C=O) groups is 2. The average Bonchev–Trinajstić information content (AvgIpc) is 2.67. The molecule has 1 aromatic carbocycles. The second-order valence-electron chi connectivity index (χ2n) is 6.87. The van der Waals surface area contributed by atoms with Gasteiger partial charge in [-0.15, -0.1) is 0 Å². The maximum absolute atomic E-state index is 12.7. The zero-order valence-corrected chi connectivity index (χ0v) is 16.7. The van der Waals surface area contributed by atoms with Gasteiger partial charge in [0.05, 0.1) is 16.5 Å². The fourth-order valence-corrected chi connectivity index (χ4v) is 3.54. The molecule has 1 aliphatic heterocycles. The van der Waals surface area contributed by atoms with Crippen LogP contribution in [0.3, 0.4) is 0 Å². The number of benzene rings is 1. The van der Waals surface area contributed by atoms with Crippen molar-refractivity contribution in [2.24, 2.45) is 16.6 Å². The Morgan fingerprint density at radius 3 is 2.75 bits per heavy atom. The predicted molar refractivity (Wildman–Crippen MR) is 109 cm³/mol. The number of rotatable bonds is 4. The molecule has 0 spiro atoms. The minimum atomic E-state index is -0.818. The molecule has 0 fully saturated rings. The van der Waals surface area contributed by atoms with E-state index in [4.69, 9.17) is 17.3 Å². The summed E-state index contributed by atoms with van der Waals surface area (Å²) in [5.41, 5.74) is 6.78. The first-order chi connectivity index (χ1) is 13.3. The molecule has 8 heteroatoms. The van der Waals surface area contributed by atoms with Gasteiger partial charge in [-0.3, -0.25) is 14.5 Å². The van der Waals surface area contributed by atoms with Crippen LogP contribution >= 0.6 is 11.6 Å². The first-order valence-electron chi connectivity index (χ1n) is 8.92. The highest BCUT2D eigenvalue weighted by atomic mass is 35.5. The Hall–Kier alpha value is -2.93. The van der Waals surface area contributed by atoms with Crippen molar-refractivity contribution in [1.29, 1.82) is 0 Å². The molecule has 7 nitrogen and oxygen atoms in total. The molecular formula is C20H22ClN5O2. The lowest BCUT2D eigenvalue weighted by Gasteiger charge is -2.40. The van der Waals surface area contributed by atoms with Crippen molar-refractivity contribution in [3.05, 3.63) is 58.9 Å².